The average Bonchev–Trinajstić information content (AvgIpc) is 2.53. The Morgan fingerprint density at radius 3 is 2.78 bits per heavy atom. The first-order valence-corrected chi connectivity index (χ1v) is 8.09. The number of likely N-dealkylation sites (tertiary alicyclic amines) is 1. The van der Waals surface area contributed by atoms with Gasteiger partial charge in [-0.15, -0.1) is 0 Å². The molecule has 1 fully saturated rings. The smallest absolute Gasteiger partial charge is 0.338 e. The summed E-state index contributed by atoms with van der Waals surface area (Å²) in [6.07, 6.45) is -1.38. The van der Waals surface area contributed by atoms with Crippen molar-refractivity contribution >= 4 is 6.03 Å². The van der Waals surface area contributed by atoms with Crippen LogP contribution in [0.15, 0.2) is 24.3 Å². The van der Waals surface area contributed by atoms with Gasteiger partial charge in [0.15, 0.2) is 0 Å². The SMILES string of the molecule is CCNC(=O)N1CCC[C@H](CCc2ccccc2C(F)(F)F)C1. The lowest BCUT2D eigenvalue weighted by molar-refractivity contribution is -0.138. The van der Waals surface area contributed by atoms with E-state index in [4.69, 9.17) is 0 Å². The van der Waals surface area contributed by atoms with E-state index in [0.29, 0.717) is 31.5 Å². The lowest BCUT2D eigenvalue weighted by Gasteiger charge is -2.33. The van der Waals surface area contributed by atoms with Crippen molar-refractivity contribution in [2.75, 3.05) is 19.6 Å². The monoisotopic (exact) mass is 328 g/mol. The van der Waals surface area contributed by atoms with Gasteiger partial charge in [0, 0.05) is 19.6 Å². The molecule has 1 aliphatic heterocycles. The summed E-state index contributed by atoms with van der Waals surface area (Å²) in [5.41, 5.74) is -0.202. The Morgan fingerprint density at radius 2 is 2.09 bits per heavy atom. The van der Waals surface area contributed by atoms with E-state index in [2.05, 4.69) is 5.32 Å². The zero-order valence-corrected chi connectivity index (χ0v) is 13.3. The number of aryl methyl sites for hydroxylation is 1. The number of benzene rings is 1. The number of carbonyl (C=O) groups excluding carboxylic acids is 1. The van der Waals surface area contributed by atoms with Crippen molar-refractivity contribution in [3.05, 3.63) is 35.4 Å². The summed E-state index contributed by atoms with van der Waals surface area (Å²) in [6, 6.07) is 5.67. The number of hydrogen-bond acceptors (Lipinski definition) is 1. The molecule has 23 heavy (non-hydrogen) atoms. The highest BCUT2D eigenvalue weighted by Gasteiger charge is 2.33. The number of nitrogens with zero attached hydrogens (tertiary/aromatic N) is 1. The zero-order valence-electron chi connectivity index (χ0n) is 13.3. The second-order valence-electron chi connectivity index (χ2n) is 5.98. The predicted molar refractivity (Wildman–Crippen MR) is 83.1 cm³/mol. The highest BCUT2D eigenvalue weighted by molar-refractivity contribution is 5.74. The number of rotatable bonds is 4. The number of hydrogen-bond donors (Lipinski definition) is 1. The maximum absolute atomic E-state index is 13.0. The molecule has 128 valence electrons. The van der Waals surface area contributed by atoms with E-state index in [-0.39, 0.29) is 11.9 Å². The van der Waals surface area contributed by atoms with Gasteiger partial charge >= 0.3 is 12.2 Å². The third-order valence-corrected chi connectivity index (χ3v) is 4.28. The van der Waals surface area contributed by atoms with Crippen LogP contribution in [0.4, 0.5) is 18.0 Å². The van der Waals surface area contributed by atoms with Crippen molar-refractivity contribution < 1.29 is 18.0 Å². The van der Waals surface area contributed by atoms with Crippen LogP contribution in [-0.4, -0.2) is 30.6 Å². The van der Waals surface area contributed by atoms with E-state index in [0.717, 1.165) is 25.5 Å². The van der Waals surface area contributed by atoms with Crippen LogP contribution in [0.2, 0.25) is 0 Å². The number of amides is 2. The Kier molecular flexibility index (Phi) is 5.91. The van der Waals surface area contributed by atoms with Crippen molar-refractivity contribution in [2.45, 2.75) is 38.8 Å². The molecule has 0 spiro atoms. The molecule has 0 aliphatic carbocycles. The van der Waals surface area contributed by atoms with E-state index in [1.165, 1.54) is 6.07 Å². The molecular formula is C17H23F3N2O. The van der Waals surface area contributed by atoms with Gasteiger partial charge in [-0.2, -0.15) is 13.2 Å². The van der Waals surface area contributed by atoms with Crippen molar-refractivity contribution in [1.29, 1.82) is 0 Å². The zero-order chi connectivity index (χ0) is 16.9. The number of halogens is 3. The Labute approximate surface area is 134 Å². The van der Waals surface area contributed by atoms with Gasteiger partial charge < -0.3 is 10.2 Å². The largest absolute Gasteiger partial charge is 0.416 e. The summed E-state index contributed by atoms with van der Waals surface area (Å²) in [5, 5.41) is 2.78. The molecule has 1 aromatic carbocycles. The van der Waals surface area contributed by atoms with Crippen LogP contribution < -0.4 is 5.32 Å². The van der Waals surface area contributed by atoms with Crippen molar-refractivity contribution in [3.63, 3.8) is 0 Å². The molecule has 1 N–H and O–H groups in total. The molecule has 0 saturated carbocycles. The van der Waals surface area contributed by atoms with Gasteiger partial charge in [0.1, 0.15) is 0 Å². The molecule has 0 bridgehead atoms. The summed E-state index contributed by atoms with van der Waals surface area (Å²) < 4.78 is 39.0. The molecule has 1 atom stereocenters. The summed E-state index contributed by atoms with van der Waals surface area (Å²) in [7, 11) is 0. The summed E-state index contributed by atoms with van der Waals surface area (Å²) >= 11 is 0. The Hall–Kier alpha value is -1.72. The van der Waals surface area contributed by atoms with Crippen molar-refractivity contribution in [1.82, 2.24) is 10.2 Å². The lowest BCUT2D eigenvalue weighted by Crippen LogP contribution is -2.45. The standard InChI is InChI=1S/C17H23F3N2O/c1-2-21-16(23)22-11-5-6-13(12-22)9-10-14-7-3-4-8-15(14)17(18,19)20/h3-4,7-8,13H,2,5-6,9-12H2,1H3,(H,21,23)/t13-/m1/s1. The van der Waals surface area contributed by atoms with Gasteiger partial charge in [0.05, 0.1) is 5.56 Å². The van der Waals surface area contributed by atoms with Crippen LogP contribution in [0.5, 0.6) is 0 Å². The topological polar surface area (TPSA) is 32.3 Å². The van der Waals surface area contributed by atoms with E-state index < -0.39 is 11.7 Å². The molecule has 3 nitrogen and oxygen atoms in total. The Bertz CT molecular complexity index is 531. The Morgan fingerprint density at radius 1 is 1.35 bits per heavy atom. The van der Waals surface area contributed by atoms with E-state index in [1.54, 1.807) is 17.0 Å². The minimum atomic E-state index is -4.31. The van der Waals surface area contributed by atoms with E-state index in [1.807, 2.05) is 6.92 Å². The summed E-state index contributed by atoms with van der Waals surface area (Å²) in [4.78, 5) is 13.6. The summed E-state index contributed by atoms with van der Waals surface area (Å²) in [6.45, 7) is 3.80. The van der Waals surface area contributed by atoms with Crippen molar-refractivity contribution in [2.24, 2.45) is 5.92 Å². The average molecular weight is 328 g/mol. The number of piperidine rings is 1. The fourth-order valence-electron chi connectivity index (χ4n) is 3.12. The number of nitrogens with one attached hydrogen (secondary N) is 1. The molecule has 1 heterocycles. The summed E-state index contributed by atoms with van der Waals surface area (Å²) in [5.74, 6) is 0.257. The van der Waals surface area contributed by atoms with Crippen molar-refractivity contribution in [3.8, 4) is 0 Å². The molecule has 6 heteroatoms. The quantitative estimate of drug-likeness (QED) is 0.887. The maximum Gasteiger partial charge on any atom is 0.416 e. The lowest BCUT2D eigenvalue weighted by atomic mass is 9.90. The highest BCUT2D eigenvalue weighted by atomic mass is 19.4. The van der Waals surface area contributed by atoms with Crippen LogP contribution in [0.3, 0.4) is 0 Å². The van der Waals surface area contributed by atoms with Gasteiger partial charge in [-0.1, -0.05) is 18.2 Å². The van der Waals surface area contributed by atoms with Crippen LogP contribution in [0, 0.1) is 5.92 Å². The molecule has 1 aromatic rings. The van der Waals surface area contributed by atoms with Crippen LogP contribution >= 0.6 is 0 Å². The van der Waals surface area contributed by atoms with Crippen LogP contribution in [0.25, 0.3) is 0 Å². The molecule has 0 radical (unpaired) electrons. The molecule has 1 saturated heterocycles. The first kappa shape index (κ1) is 17.6. The molecule has 0 aromatic heterocycles. The molecule has 2 rings (SSSR count). The first-order chi connectivity index (χ1) is 10.9. The van der Waals surface area contributed by atoms with E-state index in [9.17, 15) is 18.0 Å². The molecule has 2 amide bonds. The maximum atomic E-state index is 13.0. The van der Waals surface area contributed by atoms with Gasteiger partial charge in [0.2, 0.25) is 0 Å². The third kappa shape index (κ3) is 4.88. The predicted octanol–water partition coefficient (Wildman–Crippen LogP) is 4.08. The van der Waals surface area contributed by atoms with Crippen LogP contribution in [-0.2, 0) is 12.6 Å². The van der Waals surface area contributed by atoms with Gasteiger partial charge in [-0.25, -0.2) is 4.79 Å². The van der Waals surface area contributed by atoms with Gasteiger partial charge in [0.25, 0.3) is 0 Å². The van der Waals surface area contributed by atoms with E-state index >= 15 is 0 Å². The molecule has 1 aliphatic rings. The van der Waals surface area contributed by atoms with Crippen LogP contribution in [0.1, 0.15) is 37.3 Å². The minimum Gasteiger partial charge on any atom is -0.338 e. The second kappa shape index (κ2) is 7.70. The third-order valence-electron chi connectivity index (χ3n) is 4.28. The second-order valence-corrected chi connectivity index (χ2v) is 5.98. The number of alkyl halides is 3. The fraction of sp³-hybridized carbons (Fsp3) is 0.588. The Balaban J connectivity index is 1.95. The van der Waals surface area contributed by atoms with Gasteiger partial charge in [-0.05, 0) is 50.2 Å². The van der Waals surface area contributed by atoms with Gasteiger partial charge in [-0.3, -0.25) is 0 Å². The number of carbonyl (C=O) groups is 1. The fourth-order valence-corrected chi connectivity index (χ4v) is 3.12. The normalized spacial score (nSPS) is 18.8. The molecule has 0 unspecified atom stereocenters. The first-order valence-electron chi connectivity index (χ1n) is 8.09. The highest BCUT2D eigenvalue weighted by Crippen LogP contribution is 2.33. The molecular weight excluding hydrogens is 305 g/mol. The minimum absolute atomic E-state index is 0.0760. The number of urea groups is 1.